The molecule has 9 atom stereocenters. The lowest BCUT2D eigenvalue weighted by Crippen LogP contribution is -2.59. The first-order valence-corrected chi connectivity index (χ1v) is 22.7. The molecule has 0 spiro atoms. The Balaban J connectivity index is 1.09. The lowest BCUT2D eigenvalue weighted by atomic mass is 9.85. The number of morpholine rings is 1. The fraction of sp³-hybridized carbons (Fsp3) is 0.609. The smallest absolute Gasteiger partial charge is 0.408 e. The molecule has 3 aliphatic carbocycles. The number of carbonyl (C=O) groups excluding carboxylic acids is 3. The highest BCUT2D eigenvalue weighted by Gasteiger charge is 2.61. The molecule has 5 aliphatic rings. The van der Waals surface area contributed by atoms with E-state index in [-0.39, 0.29) is 36.6 Å². The van der Waals surface area contributed by atoms with E-state index in [9.17, 15) is 24.3 Å². The molecule has 18 heteroatoms. The van der Waals surface area contributed by atoms with Gasteiger partial charge < -0.3 is 49.3 Å². The van der Waals surface area contributed by atoms with E-state index in [0.29, 0.717) is 83.9 Å². The molecular weight excluding hydrogens is 846 g/mol. The third-order valence-electron chi connectivity index (χ3n) is 13.4. The number of nitrogens with zero attached hydrogens (tertiary/aromatic N) is 4. The average Bonchev–Trinajstić information content (AvgIpc) is 3.73. The second kappa shape index (κ2) is 18.0. The van der Waals surface area contributed by atoms with Gasteiger partial charge in [0.1, 0.15) is 64.9 Å². The number of alkyl carbamates (subject to hydrolysis) is 1. The Morgan fingerprint density at radius 1 is 1.06 bits per heavy atom. The van der Waals surface area contributed by atoms with Gasteiger partial charge in [-0.15, -0.1) is 6.58 Å². The second-order valence-electron chi connectivity index (χ2n) is 19.3. The number of amides is 3. The van der Waals surface area contributed by atoms with Crippen LogP contribution in [0, 0.1) is 29.1 Å². The van der Waals surface area contributed by atoms with Crippen molar-refractivity contribution < 1.29 is 47.6 Å². The molecule has 3 saturated carbocycles. The van der Waals surface area contributed by atoms with Gasteiger partial charge >= 0.3 is 12.1 Å². The first-order chi connectivity index (χ1) is 30.4. The summed E-state index contributed by atoms with van der Waals surface area (Å²) in [5.41, 5.74) is -1.21. The van der Waals surface area contributed by atoms with Crippen LogP contribution in [0.4, 0.5) is 10.8 Å². The van der Waals surface area contributed by atoms with E-state index in [1.807, 2.05) is 34.6 Å². The van der Waals surface area contributed by atoms with Crippen molar-refractivity contribution in [2.24, 2.45) is 29.1 Å². The summed E-state index contributed by atoms with van der Waals surface area (Å²) in [7, 11) is 0. The van der Waals surface area contributed by atoms with E-state index in [1.54, 1.807) is 18.2 Å². The number of ether oxygens (including phenoxy) is 4. The number of carboxylic acid groups (broad SMARTS) is 1. The van der Waals surface area contributed by atoms with E-state index in [2.05, 4.69) is 39.3 Å². The number of fused-ring (bicyclic) bond motifs is 2. The summed E-state index contributed by atoms with van der Waals surface area (Å²) in [4.78, 5) is 68.2. The minimum absolute atomic E-state index is 0.00158. The number of halogens is 1. The standard InChI is InChI=1S/C46H60ClN7O10/c1-8-26-21-46(26,42(57)58)52-40(55)34-19-28(22-54(34)41(56)39(45(5,6)7)51-44(59)64-27-17-30-25(4)31(30)18-27)63-36-20-32(33-23-62-43(50-33)48-24(2)3)49-38-29(36)9-10-35(37(38)47)61-16-13-53-11-14-60-15-12-53/h8-10,20,23-28,30-31,34,39H,1,11-19,21-22H2,2-7H3,(H,48,50)(H,51,59)(H,52,55)(H,57,58)/t25?,26-,27?,28?,30-,31?,34+,39-,46-/m1/s1. The lowest BCUT2D eigenvalue weighted by Gasteiger charge is -2.35. The summed E-state index contributed by atoms with van der Waals surface area (Å²) in [6, 6.07) is 3.34. The number of carbonyl (C=O) groups is 4. The zero-order valence-electron chi connectivity index (χ0n) is 37.4. The van der Waals surface area contributed by atoms with Gasteiger partial charge in [0.15, 0.2) is 0 Å². The Morgan fingerprint density at radius 2 is 1.80 bits per heavy atom. The van der Waals surface area contributed by atoms with Crippen LogP contribution in [0.5, 0.6) is 11.5 Å². The number of rotatable bonds is 16. The van der Waals surface area contributed by atoms with Crippen molar-refractivity contribution in [2.75, 3.05) is 51.3 Å². The van der Waals surface area contributed by atoms with Crippen molar-refractivity contribution in [3.63, 3.8) is 0 Å². The molecule has 64 heavy (non-hydrogen) atoms. The van der Waals surface area contributed by atoms with Gasteiger partial charge in [-0.3, -0.25) is 14.5 Å². The first kappa shape index (κ1) is 45.4. The van der Waals surface area contributed by atoms with Crippen molar-refractivity contribution in [1.82, 2.24) is 30.4 Å². The van der Waals surface area contributed by atoms with E-state index in [1.165, 1.54) is 17.2 Å². The maximum atomic E-state index is 14.8. The monoisotopic (exact) mass is 905 g/mol. The van der Waals surface area contributed by atoms with Crippen LogP contribution in [0.15, 0.2) is 41.5 Å². The number of pyridine rings is 1. The predicted molar refractivity (Wildman–Crippen MR) is 237 cm³/mol. The molecule has 2 aliphatic heterocycles. The Labute approximate surface area is 377 Å². The first-order valence-electron chi connectivity index (χ1n) is 22.4. The summed E-state index contributed by atoms with van der Waals surface area (Å²) in [6.07, 6.45) is 3.03. The molecule has 2 aromatic heterocycles. The van der Waals surface area contributed by atoms with Gasteiger partial charge in [-0.05, 0) is 68.4 Å². The number of hydrogen-bond donors (Lipinski definition) is 4. The Bertz CT molecular complexity index is 2260. The third kappa shape index (κ3) is 9.48. The lowest BCUT2D eigenvalue weighted by molar-refractivity contribution is -0.146. The minimum Gasteiger partial charge on any atom is -0.491 e. The van der Waals surface area contributed by atoms with E-state index >= 15 is 0 Å². The fourth-order valence-electron chi connectivity index (χ4n) is 9.57. The second-order valence-corrected chi connectivity index (χ2v) is 19.7. The van der Waals surface area contributed by atoms with Gasteiger partial charge in [0.2, 0.25) is 11.8 Å². The van der Waals surface area contributed by atoms with E-state index < -0.39 is 58.9 Å². The van der Waals surface area contributed by atoms with Gasteiger partial charge in [-0.1, -0.05) is 45.4 Å². The molecule has 4 heterocycles. The molecule has 4 unspecified atom stereocenters. The highest BCUT2D eigenvalue weighted by molar-refractivity contribution is 6.36. The number of aromatic nitrogens is 2. The maximum absolute atomic E-state index is 14.8. The van der Waals surface area contributed by atoms with Crippen molar-refractivity contribution in [2.45, 2.75) is 103 Å². The summed E-state index contributed by atoms with van der Waals surface area (Å²) in [5, 5.41) is 19.7. The minimum atomic E-state index is -1.55. The van der Waals surface area contributed by atoms with Crippen molar-refractivity contribution in [1.29, 1.82) is 0 Å². The molecule has 8 rings (SSSR count). The molecule has 0 radical (unpaired) electrons. The van der Waals surface area contributed by atoms with E-state index in [4.69, 9.17) is 39.9 Å². The Morgan fingerprint density at radius 3 is 2.45 bits per heavy atom. The molecule has 17 nitrogen and oxygen atoms in total. The van der Waals surface area contributed by atoms with Crippen LogP contribution < -0.4 is 25.4 Å². The molecular formula is C46H60ClN7O10. The maximum Gasteiger partial charge on any atom is 0.408 e. The van der Waals surface area contributed by atoms with Gasteiger partial charge in [-0.2, -0.15) is 4.98 Å². The molecule has 3 aromatic rings. The van der Waals surface area contributed by atoms with E-state index in [0.717, 1.165) is 25.9 Å². The third-order valence-corrected chi connectivity index (χ3v) is 13.8. The topological polar surface area (TPSA) is 207 Å². The number of likely N-dealkylation sites (tertiary alicyclic amines) is 1. The van der Waals surface area contributed by atoms with Crippen LogP contribution >= 0.6 is 11.6 Å². The molecule has 5 fully saturated rings. The van der Waals surface area contributed by atoms with Crippen LogP contribution in [-0.2, 0) is 23.9 Å². The highest BCUT2D eigenvalue weighted by Crippen LogP contribution is 2.57. The average molecular weight is 906 g/mol. The normalized spacial score (nSPS) is 28.0. The molecule has 3 amide bonds. The SMILES string of the molecule is C=C[C@@H]1C[C@]1(NC(=O)[C@@H]1CC(Oc2cc(-c3coc(NC(C)C)n3)nc3c(Cl)c(OCCN4CCOCC4)ccc23)CN1C(=O)[C@@H](NC(=O)OC1CC2C(C)[C@H]2C1)C(C)(C)C)C(=O)O. The van der Waals surface area contributed by atoms with Crippen LogP contribution in [0.1, 0.15) is 67.2 Å². The van der Waals surface area contributed by atoms with Crippen LogP contribution in [0.25, 0.3) is 22.3 Å². The predicted octanol–water partition coefficient (Wildman–Crippen LogP) is 5.75. The van der Waals surface area contributed by atoms with Crippen LogP contribution in [0.2, 0.25) is 5.02 Å². The van der Waals surface area contributed by atoms with Gasteiger partial charge in [0, 0.05) is 49.5 Å². The Kier molecular flexibility index (Phi) is 12.8. The number of benzene rings is 1. The number of oxazole rings is 1. The number of nitrogens with one attached hydrogen (secondary N) is 3. The van der Waals surface area contributed by atoms with Gasteiger partial charge in [0.25, 0.3) is 6.01 Å². The fourth-order valence-corrected chi connectivity index (χ4v) is 9.83. The summed E-state index contributed by atoms with van der Waals surface area (Å²) in [5.74, 6) is -0.347. The zero-order valence-corrected chi connectivity index (χ0v) is 38.1. The Hall–Kier alpha value is -5.13. The molecule has 346 valence electrons. The van der Waals surface area contributed by atoms with Crippen LogP contribution in [-0.4, -0.2) is 131 Å². The summed E-state index contributed by atoms with van der Waals surface area (Å²) < 4.78 is 30.0. The van der Waals surface area contributed by atoms with Crippen LogP contribution in [0.3, 0.4) is 0 Å². The molecule has 1 aromatic carbocycles. The summed E-state index contributed by atoms with van der Waals surface area (Å²) in [6.45, 7) is 19.3. The zero-order chi connectivity index (χ0) is 45.7. The van der Waals surface area contributed by atoms with Gasteiger partial charge in [-0.25, -0.2) is 14.6 Å². The van der Waals surface area contributed by atoms with Crippen molar-refractivity contribution in [3.8, 4) is 22.9 Å². The largest absolute Gasteiger partial charge is 0.491 e. The quantitative estimate of drug-likeness (QED) is 0.126. The number of aliphatic carboxylic acids is 1. The number of carboxylic acids is 1. The van der Waals surface area contributed by atoms with Crippen molar-refractivity contribution >= 4 is 52.4 Å². The highest BCUT2D eigenvalue weighted by atomic mass is 35.5. The summed E-state index contributed by atoms with van der Waals surface area (Å²) >= 11 is 7.08. The number of anilines is 1. The molecule has 0 bridgehead atoms. The molecule has 4 N–H and O–H groups in total. The van der Waals surface area contributed by atoms with Crippen molar-refractivity contribution in [3.05, 3.63) is 42.1 Å². The van der Waals surface area contributed by atoms with Gasteiger partial charge in [0.05, 0.1) is 31.0 Å². The number of hydrogen-bond acceptors (Lipinski definition) is 13. The molecule has 2 saturated heterocycles.